The monoisotopic (exact) mass is 422 g/mol. The maximum Gasteiger partial charge on any atom is 0.311 e. The average molecular weight is 423 g/mol. The lowest BCUT2D eigenvalue weighted by molar-refractivity contribution is -0.134. The van der Waals surface area contributed by atoms with Crippen molar-refractivity contribution >= 4 is 5.97 Å². The van der Waals surface area contributed by atoms with Gasteiger partial charge in [-0.1, -0.05) is 65.2 Å². The van der Waals surface area contributed by atoms with Crippen molar-refractivity contribution in [1.29, 1.82) is 0 Å². The van der Waals surface area contributed by atoms with Crippen LogP contribution in [-0.2, 0) is 17.6 Å². The molecule has 0 N–H and O–H groups in total. The van der Waals surface area contributed by atoms with Gasteiger partial charge in [-0.3, -0.25) is 4.79 Å². The van der Waals surface area contributed by atoms with Gasteiger partial charge in [-0.25, -0.2) is 9.97 Å². The lowest BCUT2D eigenvalue weighted by Gasteiger charge is -2.23. The molecule has 1 aromatic carbocycles. The van der Waals surface area contributed by atoms with Gasteiger partial charge in [0.2, 0.25) is 0 Å². The van der Waals surface area contributed by atoms with Crippen molar-refractivity contribution in [3.05, 3.63) is 41.7 Å². The summed E-state index contributed by atoms with van der Waals surface area (Å²) in [6.07, 6.45) is 16.8. The highest BCUT2D eigenvalue weighted by molar-refractivity contribution is 5.72. The molecule has 4 nitrogen and oxygen atoms in total. The molecular formula is C27H38N2O2. The second-order valence-electron chi connectivity index (χ2n) is 8.93. The third-order valence-electron chi connectivity index (χ3n) is 6.30. The molecule has 1 unspecified atom stereocenters. The Bertz CT molecular complexity index is 816. The SMILES string of the molecule is CCCCCCCC(=O)Oc1ccc(-c2ncc3c(n2)CCC(CCCCC)C3)cc1. The first-order valence-electron chi connectivity index (χ1n) is 12.4. The van der Waals surface area contributed by atoms with Crippen LogP contribution in [0.1, 0.15) is 95.7 Å². The third-order valence-corrected chi connectivity index (χ3v) is 6.30. The minimum absolute atomic E-state index is 0.150. The van der Waals surface area contributed by atoms with E-state index in [0.29, 0.717) is 12.2 Å². The highest BCUT2D eigenvalue weighted by atomic mass is 16.5. The van der Waals surface area contributed by atoms with E-state index in [4.69, 9.17) is 9.72 Å². The summed E-state index contributed by atoms with van der Waals surface area (Å²) in [5, 5.41) is 0. The van der Waals surface area contributed by atoms with Crippen LogP contribution < -0.4 is 4.74 Å². The summed E-state index contributed by atoms with van der Waals surface area (Å²) in [4.78, 5) is 21.5. The lowest BCUT2D eigenvalue weighted by atomic mass is 9.84. The predicted molar refractivity (Wildman–Crippen MR) is 126 cm³/mol. The van der Waals surface area contributed by atoms with Crippen LogP contribution in [-0.4, -0.2) is 15.9 Å². The quantitative estimate of drug-likeness (QED) is 0.208. The molecule has 2 aromatic rings. The van der Waals surface area contributed by atoms with E-state index < -0.39 is 0 Å². The molecule has 1 aliphatic carbocycles. The topological polar surface area (TPSA) is 52.1 Å². The highest BCUT2D eigenvalue weighted by Gasteiger charge is 2.20. The van der Waals surface area contributed by atoms with Crippen molar-refractivity contribution in [2.45, 2.75) is 97.3 Å². The molecule has 0 fully saturated rings. The van der Waals surface area contributed by atoms with Crippen molar-refractivity contribution in [2.75, 3.05) is 0 Å². The molecule has 4 heteroatoms. The van der Waals surface area contributed by atoms with Crippen LogP contribution in [0.25, 0.3) is 11.4 Å². The van der Waals surface area contributed by atoms with Gasteiger partial charge < -0.3 is 4.74 Å². The largest absolute Gasteiger partial charge is 0.427 e. The van der Waals surface area contributed by atoms with E-state index in [2.05, 4.69) is 18.8 Å². The molecular weight excluding hydrogens is 384 g/mol. The summed E-state index contributed by atoms with van der Waals surface area (Å²) < 4.78 is 5.47. The second-order valence-corrected chi connectivity index (χ2v) is 8.93. The van der Waals surface area contributed by atoms with E-state index in [9.17, 15) is 4.79 Å². The molecule has 1 aliphatic rings. The second kappa shape index (κ2) is 12.6. The first-order valence-corrected chi connectivity index (χ1v) is 12.4. The summed E-state index contributed by atoms with van der Waals surface area (Å²) in [5.41, 5.74) is 3.49. The van der Waals surface area contributed by atoms with Crippen LogP contribution in [0, 0.1) is 5.92 Å². The van der Waals surface area contributed by atoms with E-state index in [1.807, 2.05) is 30.5 Å². The lowest BCUT2D eigenvalue weighted by Crippen LogP contribution is -2.16. The number of rotatable bonds is 12. The standard InChI is InChI=1S/C27H38N2O2/c1-3-5-7-8-10-12-26(30)31-24-16-14-22(15-17-24)27-28-20-23-19-21(11-9-6-4-2)13-18-25(23)29-27/h14-17,20-21H,3-13,18-19H2,1-2H3. The van der Waals surface area contributed by atoms with Gasteiger partial charge in [-0.15, -0.1) is 0 Å². The van der Waals surface area contributed by atoms with Crippen molar-refractivity contribution in [3.63, 3.8) is 0 Å². The number of fused-ring (bicyclic) bond motifs is 1. The fourth-order valence-electron chi connectivity index (χ4n) is 4.38. The smallest absolute Gasteiger partial charge is 0.311 e. The summed E-state index contributed by atoms with van der Waals surface area (Å²) in [6.45, 7) is 4.45. The molecule has 0 bridgehead atoms. The Balaban J connectivity index is 1.51. The zero-order valence-electron chi connectivity index (χ0n) is 19.4. The van der Waals surface area contributed by atoms with Crippen LogP contribution >= 0.6 is 0 Å². The number of aromatic nitrogens is 2. The third kappa shape index (κ3) is 7.45. The number of benzene rings is 1. The Morgan fingerprint density at radius 3 is 2.52 bits per heavy atom. The fraction of sp³-hybridized carbons (Fsp3) is 0.593. The van der Waals surface area contributed by atoms with E-state index in [-0.39, 0.29) is 5.97 Å². The molecule has 0 amide bonds. The van der Waals surface area contributed by atoms with Gasteiger partial charge in [-0.2, -0.15) is 0 Å². The molecule has 0 radical (unpaired) electrons. The highest BCUT2D eigenvalue weighted by Crippen LogP contribution is 2.29. The summed E-state index contributed by atoms with van der Waals surface area (Å²) >= 11 is 0. The summed E-state index contributed by atoms with van der Waals surface area (Å²) in [6, 6.07) is 7.58. The number of nitrogens with zero attached hydrogens (tertiary/aromatic N) is 2. The Kier molecular flexibility index (Phi) is 9.51. The number of unbranched alkanes of at least 4 members (excludes halogenated alkanes) is 6. The molecule has 168 valence electrons. The number of carbonyl (C=O) groups is 1. The van der Waals surface area contributed by atoms with E-state index in [1.54, 1.807) is 0 Å². The minimum atomic E-state index is -0.150. The summed E-state index contributed by atoms with van der Waals surface area (Å²) in [5.74, 6) is 1.99. The predicted octanol–water partition coefficient (Wildman–Crippen LogP) is 7.09. The van der Waals surface area contributed by atoms with Gasteiger partial charge in [-0.05, 0) is 61.4 Å². The van der Waals surface area contributed by atoms with Gasteiger partial charge in [0, 0.05) is 23.9 Å². The molecule has 3 rings (SSSR count). The molecule has 0 saturated carbocycles. The maximum atomic E-state index is 12.0. The normalized spacial score (nSPS) is 15.5. The molecule has 0 spiro atoms. The van der Waals surface area contributed by atoms with Crippen LogP contribution in [0.5, 0.6) is 5.75 Å². The van der Waals surface area contributed by atoms with Crippen molar-refractivity contribution < 1.29 is 9.53 Å². The van der Waals surface area contributed by atoms with Crippen molar-refractivity contribution in [3.8, 4) is 17.1 Å². The van der Waals surface area contributed by atoms with Gasteiger partial charge in [0.05, 0.1) is 0 Å². The molecule has 1 aromatic heterocycles. The number of esters is 1. The number of hydrogen-bond acceptors (Lipinski definition) is 4. The number of carbonyl (C=O) groups excluding carboxylic acids is 1. The fourth-order valence-corrected chi connectivity index (χ4v) is 4.38. The molecule has 1 atom stereocenters. The average Bonchev–Trinajstić information content (AvgIpc) is 2.79. The number of hydrogen-bond donors (Lipinski definition) is 0. The van der Waals surface area contributed by atoms with Crippen molar-refractivity contribution in [2.24, 2.45) is 5.92 Å². The van der Waals surface area contributed by atoms with Crippen LogP contribution in [0.15, 0.2) is 30.5 Å². The molecule has 31 heavy (non-hydrogen) atoms. The van der Waals surface area contributed by atoms with E-state index in [0.717, 1.165) is 43.0 Å². The zero-order chi connectivity index (χ0) is 21.9. The van der Waals surface area contributed by atoms with Gasteiger partial charge in [0.25, 0.3) is 0 Å². The van der Waals surface area contributed by atoms with Crippen molar-refractivity contribution in [1.82, 2.24) is 9.97 Å². The molecule has 0 saturated heterocycles. The Hall–Kier alpha value is -2.23. The first-order chi connectivity index (χ1) is 15.2. The molecule has 1 heterocycles. The minimum Gasteiger partial charge on any atom is -0.427 e. The first kappa shape index (κ1) is 23.4. The van der Waals surface area contributed by atoms with Crippen LogP contribution in [0.4, 0.5) is 0 Å². The van der Waals surface area contributed by atoms with Gasteiger partial charge in [0.15, 0.2) is 5.82 Å². The van der Waals surface area contributed by atoms with Crippen LogP contribution in [0.2, 0.25) is 0 Å². The zero-order valence-corrected chi connectivity index (χ0v) is 19.4. The van der Waals surface area contributed by atoms with Crippen LogP contribution in [0.3, 0.4) is 0 Å². The van der Waals surface area contributed by atoms with E-state index in [1.165, 1.54) is 62.6 Å². The number of aryl methyl sites for hydroxylation is 1. The Labute approximate surface area is 187 Å². The number of ether oxygens (including phenoxy) is 1. The summed E-state index contributed by atoms with van der Waals surface area (Å²) in [7, 11) is 0. The Morgan fingerprint density at radius 2 is 1.74 bits per heavy atom. The van der Waals surface area contributed by atoms with E-state index >= 15 is 0 Å². The maximum absolute atomic E-state index is 12.0. The van der Waals surface area contributed by atoms with Gasteiger partial charge in [0.1, 0.15) is 5.75 Å². The van der Waals surface area contributed by atoms with Gasteiger partial charge >= 0.3 is 5.97 Å². The molecule has 0 aliphatic heterocycles. The Morgan fingerprint density at radius 1 is 1.00 bits per heavy atom.